The normalized spacial score (nSPS) is 14.4. The third-order valence-corrected chi connectivity index (χ3v) is 3.00. The number of nitrogens with zero attached hydrogens (tertiary/aromatic N) is 1. The topological polar surface area (TPSA) is 76.4 Å². The van der Waals surface area contributed by atoms with E-state index < -0.39 is 28.6 Å². The van der Waals surface area contributed by atoms with E-state index in [1.165, 1.54) is 6.08 Å². The summed E-state index contributed by atoms with van der Waals surface area (Å²) in [5.74, 6) is -1.37. The Bertz CT molecular complexity index is 687. The van der Waals surface area contributed by atoms with Crippen molar-refractivity contribution in [3.8, 4) is 6.07 Å². The Morgan fingerprint density at radius 2 is 1.48 bits per heavy atom. The van der Waals surface area contributed by atoms with Crippen molar-refractivity contribution in [3.05, 3.63) is 48.0 Å². The molecule has 0 aliphatic rings. The molecule has 0 fully saturated rings. The number of ether oxygens (including phenoxy) is 2. The summed E-state index contributed by atoms with van der Waals surface area (Å²) in [7, 11) is 0. The number of esters is 2. The summed E-state index contributed by atoms with van der Waals surface area (Å²) >= 11 is 0. The first-order chi connectivity index (χ1) is 11.4. The van der Waals surface area contributed by atoms with Gasteiger partial charge < -0.3 is 9.47 Å². The lowest BCUT2D eigenvalue weighted by molar-refractivity contribution is -0.158. The largest absolute Gasteiger partial charge is 0.458 e. The van der Waals surface area contributed by atoms with Gasteiger partial charge in [-0.3, -0.25) is 0 Å². The van der Waals surface area contributed by atoms with Crippen molar-refractivity contribution in [1.82, 2.24) is 0 Å². The molecule has 0 aromatic heterocycles. The number of rotatable bonds is 4. The van der Waals surface area contributed by atoms with Crippen LogP contribution >= 0.6 is 0 Å². The first-order valence-corrected chi connectivity index (χ1v) is 8.02. The molecule has 0 radical (unpaired) electrons. The highest BCUT2D eigenvalue weighted by Gasteiger charge is 2.42. The molecule has 134 valence electrons. The van der Waals surface area contributed by atoms with E-state index in [1.807, 2.05) is 6.07 Å². The van der Waals surface area contributed by atoms with Crippen molar-refractivity contribution in [2.24, 2.45) is 0 Å². The Labute approximate surface area is 149 Å². The highest BCUT2D eigenvalue weighted by molar-refractivity contribution is 5.92. The molecule has 0 saturated heterocycles. The van der Waals surface area contributed by atoms with E-state index in [2.05, 4.69) is 0 Å². The summed E-state index contributed by atoms with van der Waals surface area (Å²) in [6, 6.07) is 10.5. The van der Waals surface area contributed by atoms with Crippen molar-refractivity contribution in [1.29, 1.82) is 5.26 Å². The average molecular weight is 343 g/mol. The fraction of sp³-hybridized carbons (Fsp3) is 0.450. The molecule has 1 atom stereocenters. The number of hydrogen-bond donors (Lipinski definition) is 0. The Morgan fingerprint density at radius 3 is 1.92 bits per heavy atom. The first kappa shape index (κ1) is 20.4. The van der Waals surface area contributed by atoms with Gasteiger partial charge in [-0.05, 0) is 53.2 Å². The van der Waals surface area contributed by atoms with Crippen LogP contribution in [-0.2, 0) is 24.5 Å². The minimum Gasteiger partial charge on any atom is -0.458 e. The molecule has 1 aromatic carbocycles. The molecule has 0 N–H and O–H groups in total. The molecular formula is C20H25NO4. The van der Waals surface area contributed by atoms with Crippen LogP contribution in [-0.4, -0.2) is 23.1 Å². The van der Waals surface area contributed by atoms with Crippen molar-refractivity contribution in [2.45, 2.75) is 58.2 Å². The van der Waals surface area contributed by atoms with Gasteiger partial charge in [0.1, 0.15) is 11.2 Å². The zero-order valence-corrected chi connectivity index (χ0v) is 15.6. The zero-order valence-electron chi connectivity index (χ0n) is 15.6. The Kier molecular flexibility index (Phi) is 6.15. The highest BCUT2D eigenvalue weighted by atomic mass is 16.6. The SMILES string of the molecule is CC(C)(C)OC(=O)/C=C/C(C#N)(C(=O)OC(C)(C)C)c1ccccc1. The van der Waals surface area contributed by atoms with E-state index in [0.29, 0.717) is 5.56 Å². The maximum atomic E-state index is 12.8. The van der Waals surface area contributed by atoms with Crippen LogP contribution in [0.4, 0.5) is 0 Å². The number of carbonyl (C=O) groups is 2. The smallest absolute Gasteiger partial charge is 0.335 e. The van der Waals surface area contributed by atoms with Crippen LogP contribution in [0.2, 0.25) is 0 Å². The van der Waals surface area contributed by atoms with Gasteiger partial charge in [0.15, 0.2) is 5.41 Å². The fourth-order valence-electron chi connectivity index (χ4n) is 2.02. The minimum absolute atomic E-state index is 0.423. The third-order valence-electron chi connectivity index (χ3n) is 3.00. The lowest BCUT2D eigenvalue weighted by Gasteiger charge is -2.27. The Balaban J connectivity index is 3.31. The molecule has 0 heterocycles. The summed E-state index contributed by atoms with van der Waals surface area (Å²) in [5, 5.41) is 9.79. The van der Waals surface area contributed by atoms with Crippen molar-refractivity contribution in [3.63, 3.8) is 0 Å². The molecule has 0 amide bonds. The van der Waals surface area contributed by atoms with E-state index in [-0.39, 0.29) is 0 Å². The molecule has 1 aromatic rings. The van der Waals surface area contributed by atoms with Gasteiger partial charge in [0.2, 0.25) is 0 Å². The molecule has 5 nitrogen and oxygen atoms in total. The van der Waals surface area contributed by atoms with Gasteiger partial charge >= 0.3 is 11.9 Å². The van der Waals surface area contributed by atoms with Crippen molar-refractivity contribution >= 4 is 11.9 Å². The number of benzene rings is 1. The Morgan fingerprint density at radius 1 is 0.960 bits per heavy atom. The summed E-state index contributed by atoms with van der Waals surface area (Å²) in [5.41, 5.74) is -2.75. The monoisotopic (exact) mass is 343 g/mol. The molecule has 0 bridgehead atoms. The van der Waals surface area contributed by atoms with Gasteiger partial charge in [0.25, 0.3) is 0 Å². The zero-order chi connectivity index (χ0) is 19.3. The first-order valence-electron chi connectivity index (χ1n) is 8.02. The molecule has 25 heavy (non-hydrogen) atoms. The van der Waals surface area contributed by atoms with Crippen LogP contribution in [0.3, 0.4) is 0 Å². The molecule has 0 aliphatic heterocycles. The van der Waals surface area contributed by atoms with Crippen LogP contribution in [0.1, 0.15) is 47.1 Å². The number of hydrogen-bond acceptors (Lipinski definition) is 5. The van der Waals surface area contributed by atoms with Gasteiger partial charge in [0, 0.05) is 6.08 Å². The minimum atomic E-state index is -1.73. The van der Waals surface area contributed by atoms with Crippen LogP contribution < -0.4 is 0 Å². The summed E-state index contributed by atoms with van der Waals surface area (Å²) in [6.07, 6.45) is 2.34. The quantitative estimate of drug-likeness (QED) is 0.615. The molecule has 0 spiro atoms. The van der Waals surface area contributed by atoms with Crippen LogP contribution in [0, 0.1) is 11.3 Å². The van der Waals surface area contributed by atoms with Crippen LogP contribution in [0.25, 0.3) is 0 Å². The van der Waals surface area contributed by atoms with Gasteiger partial charge in [-0.1, -0.05) is 30.3 Å². The fourth-order valence-corrected chi connectivity index (χ4v) is 2.02. The summed E-state index contributed by atoms with van der Waals surface area (Å²) in [4.78, 5) is 24.8. The van der Waals surface area contributed by atoms with Gasteiger partial charge in [-0.15, -0.1) is 0 Å². The molecule has 0 aliphatic carbocycles. The number of nitriles is 1. The third kappa shape index (κ3) is 6.07. The van der Waals surface area contributed by atoms with E-state index in [1.54, 1.807) is 71.9 Å². The maximum absolute atomic E-state index is 12.8. The maximum Gasteiger partial charge on any atom is 0.335 e. The van der Waals surface area contributed by atoms with Gasteiger partial charge in [-0.25, -0.2) is 9.59 Å². The van der Waals surface area contributed by atoms with E-state index in [4.69, 9.17) is 9.47 Å². The summed E-state index contributed by atoms with van der Waals surface area (Å²) in [6.45, 7) is 10.4. The molecule has 1 unspecified atom stereocenters. The predicted octanol–water partition coefficient (Wildman–Crippen LogP) is 3.69. The lowest BCUT2D eigenvalue weighted by Crippen LogP contribution is -2.39. The van der Waals surface area contributed by atoms with Gasteiger partial charge in [0.05, 0.1) is 6.07 Å². The highest BCUT2D eigenvalue weighted by Crippen LogP contribution is 2.29. The second-order valence-corrected chi connectivity index (χ2v) is 7.65. The van der Waals surface area contributed by atoms with E-state index in [0.717, 1.165) is 6.08 Å². The molecular weight excluding hydrogens is 318 g/mol. The second kappa shape index (κ2) is 7.52. The molecule has 0 saturated carbocycles. The van der Waals surface area contributed by atoms with Gasteiger partial charge in [-0.2, -0.15) is 5.26 Å². The predicted molar refractivity (Wildman–Crippen MR) is 94.6 cm³/mol. The van der Waals surface area contributed by atoms with Crippen molar-refractivity contribution < 1.29 is 19.1 Å². The van der Waals surface area contributed by atoms with E-state index in [9.17, 15) is 14.9 Å². The average Bonchev–Trinajstić information content (AvgIpc) is 2.46. The second-order valence-electron chi connectivity index (χ2n) is 7.65. The Hall–Kier alpha value is -2.61. The van der Waals surface area contributed by atoms with Crippen LogP contribution in [0.5, 0.6) is 0 Å². The van der Waals surface area contributed by atoms with Crippen molar-refractivity contribution in [2.75, 3.05) is 0 Å². The molecule has 1 rings (SSSR count). The lowest BCUT2D eigenvalue weighted by atomic mass is 9.81. The van der Waals surface area contributed by atoms with Crippen LogP contribution in [0.15, 0.2) is 42.5 Å². The standard InChI is InChI=1S/C20H25NO4/c1-18(2,3)24-16(22)12-13-20(14-21,15-10-8-7-9-11-15)17(23)25-19(4,5)6/h7-13H,1-6H3/b13-12+. The van der Waals surface area contributed by atoms with E-state index >= 15 is 0 Å². The summed E-state index contributed by atoms with van der Waals surface area (Å²) < 4.78 is 10.6. The molecule has 5 heteroatoms. The number of carbonyl (C=O) groups excluding carboxylic acids is 2.